The lowest BCUT2D eigenvalue weighted by Gasteiger charge is -2.09. The van der Waals surface area contributed by atoms with Crippen LogP contribution in [0.3, 0.4) is 0 Å². The van der Waals surface area contributed by atoms with Crippen LogP contribution in [0.4, 0.5) is 10.1 Å². The molecule has 0 spiro atoms. The SMILES string of the molecule is O=C(COC(=O)Cc1ccc(F)cc1)Nc1ccc(Oc2ccccc2)cc1. The average Bonchev–Trinajstić information content (AvgIpc) is 2.70. The summed E-state index contributed by atoms with van der Waals surface area (Å²) in [4.78, 5) is 23.7. The Morgan fingerprint density at radius 2 is 1.46 bits per heavy atom. The van der Waals surface area contributed by atoms with Crippen LogP contribution in [0.1, 0.15) is 5.56 Å². The number of carbonyl (C=O) groups is 2. The molecule has 1 N–H and O–H groups in total. The van der Waals surface area contributed by atoms with E-state index in [2.05, 4.69) is 5.32 Å². The van der Waals surface area contributed by atoms with Gasteiger partial charge in [-0.25, -0.2) is 4.39 Å². The first-order valence-electron chi connectivity index (χ1n) is 8.61. The molecule has 0 saturated heterocycles. The van der Waals surface area contributed by atoms with Gasteiger partial charge in [-0.05, 0) is 54.1 Å². The lowest BCUT2D eigenvalue weighted by molar-refractivity contribution is -0.146. The van der Waals surface area contributed by atoms with Crippen LogP contribution < -0.4 is 10.1 Å². The van der Waals surface area contributed by atoms with Crippen molar-refractivity contribution < 1.29 is 23.5 Å². The van der Waals surface area contributed by atoms with E-state index in [1.807, 2.05) is 30.3 Å². The Labute approximate surface area is 161 Å². The van der Waals surface area contributed by atoms with Crippen molar-refractivity contribution in [3.8, 4) is 11.5 Å². The monoisotopic (exact) mass is 379 g/mol. The van der Waals surface area contributed by atoms with E-state index in [1.54, 1.807) is 24.3 Å². The molecule has 5 nitrogen and oxygen atoms in total. The standard InChI is InChI=1S/C22H18FNO4/c23-17-8-6-16(7-9-17)14-22(26)27-15-21(25)24-18-10-12-20(13-11-18)28-19-4-2-1-3-5-19/h1-13H,14-15H2,(H,24,25). The van der Waals surface area contributed by atoms with Gasteiger partial charge in [-0.3, -0.25) is 9.59 Å². The highest BCUT2D eigenvalue weighted by atomic mass is 19.1. The molecule has 6 heteroatoms. The van der Waals surface area contributed by atoms with E-state index >= 15 is 0 Å². The summed E-state index contributed by atoms with van der Waals surface area (Å²) in [5.74, 6) is -0.0449. The fraction of sp³-hybridized carbons (Fsp3) is 0.0909. The number of ether oxygens (including phenoxy) is 2. The number of carbonyl (C=O) groups excluding carboxylic acids is 2. The molecule has 0 radical (unpaired) electrons. The van der Waals surface area contributed by atoms with E-state index in [9.17, 15) is 14.0 Å². The number of esters is 1. The molecule has 0 aliphatic heterocycles. The minimum atomic E-state index is -0.562. The minimum absolute atomic E-state index is 0.0287. The molecule has 0 atom stereocenters. The number of amides is 1. The van der Waals surface area contributed by atoms with Crippen molar-refractivity contribution in [3.05, 3.63) is 90.2 Å². The fourth-order valence-electron chi connectivity index (χ4n) is 2.39. The van der Waals surface area contributed by atoms with E-state index in [0.29, 0.717) is 22.7 Å². The maximum atomic E-state index is 12.8. The first kappa shape index (κ1) is 19.1. The van der Waals surface area contributed by atoms with Gasteiger partial charge in [0.1, 0.15) is 17.3 Å². The van der Waals surface area contributed by atoms with E-state index < -0.39 is 18.5 Å². The lowest BCUT2D eigenvalue weighted by atomic mass is 10.1. The van der Waals surface area contributed by atoms with Crippen molar-refractivity contribution in [3.63, 3.8) is 0 Å². The molecule has 0 aliphatic rings. The summed E-state index contributed by atoms with van der Waals surface area (Å²) in [6.07, 6.45) is -0.0287. The molecule has 3 aromatic rings. The number of nitrogens with one attached hydrogen (secondary N) is 1. The van der Waals surface area contributed by atoms with Gasteiger partial charge in [-0.1, -0.05) is 30.3 Å². The Morgan fingerprint density at radius 1 is 0.821 bits per heavy atom. The molecule has 0 aromatic heterocycles. The smallest absolute Gasteiger partial charge is 0.310 e. The lowest BCUT2D eigenvalue weighted by Crippen LogP contribution is -2.21. The van der Waals surface area contributed by atoms with Crippen molar-refractivity contribution in [1.82, 2.24) is 0 Å². The Bertz CT molecular complexity index is 925. The molecule has 0 saturated carbocycles. The van der Waals surface area contributed by atoms with E-state index in [-0.39, 0.29) is 12.2 Å². The summed E-state index contributed by atoms with van der Waals surface area (Å²) >= 11 is 0. The third kappa shape index (κ3) is 5.95. The first-order valence-corrected chi connectivity index (χ1v) is 8.61. The van der Waals surface area contributed by atoms with Crippen molar-refractivity contribution in [2.75, 3.05) is 11.9 Å². The van der Waals surface area contributed by atoms with E-state index in [4.69, 9.17) is 9.47 Å². The number of para-hydroxylation sites is 1. The van der Waals surface area contributed by atoms with Gasteiger partial charge in [-0.15, -0.1) is 0 Å². The Balaban J connectivity index is 1.44. The van der Waals surface area contributed by atoms with Gasteiger partial charge in [0.25, 0.3) is 5.91 Å². The summed E-state index contributed by atoms with van der Waals surface area (Å²) in [7, 11) is 0. The van der Waals surface area contributed by atoms with E-state index in [1.165, 1.54) is 24.3 Å². The number of benzene rings is 3. The second-order valence-corrected chi connectivity index (χ2v) is 5.95. The zero-order valence-corrected chi connectivity index (χ0v) is 14.9. The van der Waals surface area contributed by atoms with Crippen LogP contribution in [-0.4, -0.2) is 18.5 Å². The fourth-order valence-corrected chi connectivity index (χ4v) is 2.39. The largest absolute Gasteiger partial charge is 0.457 e. The Hall–Kier alpha value is -3.67. The highest BCUT2D eigenvalue weighted by Gasteiger charge is 2.09. The van der Waals surface area contributed by atoms with Crippen molar-refractivity contribution in [2.45, 2.75) is 6.42 Å². The third-order valence-corrected chi connectivity index (χ3v) is 3.74. The predicted molar refractivity (Wildman–Crippen MR) is 103 cm³/mol. The molecular formula is C22H18FNO4. The van der Waals surface area contributed by atoms with Crippen LogP contribution in [0.5, 0.6) is 11.5 Å². The predicted octanol–water partition coefficient (Wildman–Crippen LogP) is 4.34. The molecule has 28 heavy (non-hydrogen) atoms. The van der Waals surface area contributed by atoms with Crippen LogP contribution in [0.2, 0.25) is 0 Å². The van der Waals surface area contributed by atoms with Crippen LogP contribution in [0.25, 0.3) is 0 Å². The van der Waals surface area contributed by atoms with Crippen molar-refractivity contribution in [2.24, 2.45) is 0 Å². The Kier molecular flexibility index (Phi) is 6.36. The van der Waals surface area contributed by atoms with Gasteiger partial charge in [0.2, 0.25) is 0 Å². The zero-order chi connectivity index (χ0) is 19.8. The number of hydrogen-bond donors (Lipinski definition) is 1. The summed E-state index contributed by atoms with van der Waals surface area (Å²) in [6, 6.07) is 21.7. The average molecular weight is 379 g/mol. The highest BCUT2D eigenvalue weighted by Crippen LogP contribution is 2.22. The van der Waals surface area contributed by atoms with Crippen LogP contribution in [-0.2, 0) is 20.7 Å². The summed E-state index contributed by atoms with van der Waals surface area (Å²) in [5, 5.41) is 2.64. The summed E-state index contributed by atoms with van der Waals surface area (Å²) < 4.78 is 23.5. The molecule has 0 bridgehead atoms. The number of hydrogen-bond acceptors (Lipinski definition) is 4. The maximum absolute atomic E-state index is 12.8. The van der Waals surface area contributed by atoms with Gasteiger partial charge >= 0.3 is 5.97 Å². The quantitative estimate of drug-likeness (QED) is 0.620. The summed E-state index contributed by atoms with van der Waals surface area (Å²) in [6.45, 7) is -0.401. The topological polar surface area (TPSA) is 64.6 Å². The van der Waals surface area contributed by atoms with Crippen LogP contribution in [0.15, 0.2) is 78.9 Å². The minimum Gasteiger partial charge on any atom is -0.457 e. The van der Waals surface area contributed by atoms with Gasteiger partial charge < -0.3 is 14.8 Å². The summed E-state index contributed by atoms with van der Waals surface area (Å²) in [5.41, 5.74) is 1.17. The molecule has 142 valence electrons. The van der Waals surface area contributed by atoms with Crippen LogP contribution in [0, 0.1) is 5.82 Å². The molecule has 3 aromatic carbocycles. The van der Waals surface area contributed by atoms with Gasteiger partial charge in [0.05, 0.1) is 6.42 Å². The second-order valence-electron chi connectivity index (χ2n) is 5.95. The third-order valence-electron chi connectivity index (χ3n) is 3.74. The van der Waals surface area contributed by atoms with E-state index in [0.717, 1.165) is 0 Å². The molecule has 0 heterocycles. The maximum Gasteiger partial charge on any atom is 0.310 e. The molecule has 0 unspecified atom stereocenters. The van der Waals surface area contributed by atoms with Crippen molar-refractivity contribution in [1.29, 1.82) is 0 Å². The number of halogens is 1. The Morgan fingerprint density at radius 3 is 2.14 bits per heavy atom. The van der Waals surface area contributed by atoms with Crippen molar-refractivity contribution >= 4 is 17.6 Å². The first-order chi connectivity index (χ1) is 13.6. The molecule has 3 rings (SSSR count). The molecule has 0 aliphatic carbocycles. The molecule has 1 amide bonds. The highest BCUT2D eigenvalue weighted by molar-refractivity contribution is 5.92. The zero-order valence-electron chi connectivity index (χ0n) is 14.9. The molecule has 0 fully saturated rings. The normalized spacial score (nSPS) is 10.2. The van der Waals surface area contributed by atoms with Crippen LogP contribution >= 0.6 is 0 Å². The second kappa shape index (κ2) is 9.32. The number of anilines is 1. The van der Waals surface area contributed by atoms with Gasteiger partial charge in [0.15, 0.2) is 6.61 Å². The number of rotatable bonds is 7. The van der Waals surface area contributed by atoms with Gasteiger partial charge in [-0.2, -0.15) is 0 Å². The van der Waals surface area contributed by atoms with Gasteiger partial charge in [0, 0.05) is 5.69 Å². The molecular weight excluding hydrogens is 361 g/mol.